The van der Waals surface area contributed by atoms with Gasteiger partial charge in [-0.05, 0) is 25.6 Å². The second-order valence-corrected chi connectivity index (χ2v) is 2.67. The Morgan fingerprint density at radius 3 is 2.75 bits per heavy atom. The predicted molar refractivity (Wildman–Crippen MR) is 53.1 cm³/mol. The molecule has 0 unspecified atom stereocenters. The molecule has 0 spiro atoms. The summed E-state index contributed by atoms with van der Waals surface area (Å²) in [6, 6.07) is 0. The number of unbranched alkanes of at least 4 members (excludes halogenated alkanes) is 1. The van der Waals surface area contributed by atoms with Crippen molar-refractivity contribution in [3.8, 4) is 0 Å². The summed E-state index contributed by atoms with van der Waals surface area (Å²) in [5.41, 5.74) is 0. The highest BCUT2D eigenvalue weighted by Crippen LogP contribution is 1.86. The molecule has 0 radical (unpaired) electrons. The summed E-state index contributed by atoms with van der Waals surface area (Å²) in [4.78, 5) is 0. The molecule has 0 aliphatic heterocycles. The molecule has 0 rings (SSSR count). The van der Waals surface area contributed by atoms with Gasteiger partial charge in [-0.15, -0.1) is 0 Å². The third-order valence-corrected chi connectivity index (χ3v) is 1.50. The molecule has 0 saturated carbocycles. The van der Waals surface area contributed by atoms with Crippen molar-refractivity contribution >= 4 is 17.4 Å². The minimum Gasteiger partial charge on any atom is -0.471 e. The number of rotatable bonds is 6. The summed E-state index contributed by atoms with van der Waals surface area (Å²) >= 11 is 4.82. The first kappa shape index (κ1) is 11.6. The standard InChI is InChI=1S/C8H17NO2S/c1-3-5-6-10-7-9-8(12)11-4-2/h3-7H2,1-2H3,(H,9,12). The van der Waals surface area contributed by atoms with Crippen molar-refractivity contribution in [3.63, 3.8) is 0 Å². The Labute approximate surface area is 79.4 Å². The van der Waals surface area contributed by atoms with E-state index in [1.807, 2.05) is 6.92 Å². The summed E-state index contributed by atoms with van der Waals surface area (Å²) in [7, 11) is 0. The molecule has 3 nitrogen and oxygen atoms in total. The Kier molecular flexibility index (Phi) is 8.49. The third kappa shape index (κ3) is 7.75. The number of thiocarbonyl (C=S) groups is 1. The fourth-order valence-corrected chi connectivity index (χ4v) is 0.787. The van der Waals surface area contributed by atoms with Crippen LogP contribution in [0.25, 0.3) is 0 Å². The van der Waals surface area contributed by atoms with Crippen LogP contribution in [-0.4, -0.2) is 25.1 Å². The average molecular weight is 191 g/mol. The van der Waals surface area contributed by atoms with E-state index >= 15 is 0 Å². The van der Waals surface area contributed by atoms with Crippen LogP contribution in [0.5, 0.6) is 0 Å². The van der Waals surface area contributed by atoms with Crippen LogP contribution >= 0.6 is 12.2 Å². The van der Waals surface area contributed by atoms with Crippen molar-refractivity contribution in [1.29, 1.82) is 0 Å². The summed E-state index contributed by atoms with van der Waals surface area (Å²) < 4.78 is 10.2. The fraction of sp³-hybridized carbons (Fsp3) is 0.875. The lowest BCUT2D eigenvalue weighted by Gasteiger charge is -2.07. The second-order valence-electron chi connectivity index (χ2n) is 2.30. The van der Waals surface area contributed by atoms with Crippen LogP contribution in [0.3, 0.4) is 0 Å². The Morgan fingerprint density at radius 1 is 1.42 bits per heavy atom. The first-order chi connectivity index (χ1) is 5.81. The lowest BCUT2D eigenvalue weighted by molar-refractivity contribution is 0.121. The molecular weight excluding hydrogens is 174 g/mol. The maximum absolute atomic E-state index is 5.21. The normalized spacial score (nSPS) is 9.50. The average Bonchev–Trinajstić information content (AvgIpc) is 2.05. The number of hydrogen-bond donors (Lipinski definition) is 1. The Hall–Kier alpha value is -0.350. The van der Waals surface area contributed by atoms with Gasteiger partial charge in [-0.25, -0.2) is 0 Å². The van der Waals surface area contributed by atoms with Gasteiger partial charge in [0.25, 0.3) is 5.17 Å². The molecule has 72 valence electrons. The molecule has 4 heteroatoms. The highest BCUT2D eigenvalue weighted by molar-refractivity contribution is 7.80. The summed E-state index contributed by atoms with van der Waals surface area (Å²) in [5.74, 6) is 0. The molecule has 1 N–H and O–H groups in total. The summed E-state index contributed by atoms with van der Waals surface area (Å²) in [5, 5.41) is 3.24. The van der Waals surface area contributed by atoms with Gasteiger partial charge in [0.1, 0.15) is 6.73 Å². The van der Waals surface area contributed by atoms with E-state index in [9.17, 15) is 0 Å². The van der Waals surface area contributed by atoms with Crippen LogP contribution in [0.2, 0.25) is 0 Å². The summed E-state index contributed by atoms with van der Waals surface area (Å²) in [6.07, 6.45) is 2.24. The van der Waals surface area contributed by atoms with Crippen molar-refractivity contribution in [3.05, 3.63) is 0 Å². The minimum absolute atomic E-state index is 0.411. The van der Waals surface area contributed by atoms with Gasteiger partial charge in [0.2, 0.25) is 0 Å². The molecule has 0 atom stereocenters. The molecule has 0 heterocycles. The van der Waals surface area contributed by atoms with E-state index in [2.05, 4.69) is 12.2 Å². The molecule has 0 aliphatic rings. The highest BCUT2D eigenvalue weighted by atomic mass is 32.1. The van der Waals surface area contributed by atoms with Crippen LogP contribution in [0, 0.1) is 0 Å². The van der Waals surface area contributed by atoms with Crippen LogP contribution < -0.4 is 5.32 Å². The van der Waals surface area contributed by atoms with Gasteiger partial charge in [0.05, 0.1) is 6.61 Å². The minimum atomic E-state index is 0.411. The van der Waals surface area contributed by atoms with E-state index in [4.69, 9.17) is 21.7 Å². The lowest BCUT2D eigenvalue weighted by atomic mass is 10.4. The van der Waals surface area contributed by atoms with Crippen LogP contribution in [0.1, 0.15) is 26.7 Å². The van der Waals surface area contributed by atoms with Crippen molar-refractivity contribution in [2.24, 2.45) is 0 Å². The van der Waals surface area contributed by atoms with Gasteiger partial charge < -0.3 is 14.8 Å². The molecule has 0 aliphatic carbocycles. The molecule has 0 aromatic heterocycles. The summed E-state index contributed by atoms with van der Waals surface area (Å²) in [6.45, 7) is 5.84. The van der Waals surface area contributed by atoms with E-state index in [0.29, 0.717) is 18.5 Å². The molecule has 0 aromatic rings. The van der Waals surface area contributed by atoms with Gasteiger partial charge in [-0.2, -0.15) is 0 Å². The fourth-order valence-electron chi connectivity index (χ4n) is 0.611. The van der Waals surface area contributed by atoms with Crippen LogP contribution in [-0.2, 0) is 9.47 Å². The Bertz CT molecular complexity index is 120. The van der Waals surface area contributed by atoms with E-state index < -0.39 is 0 Å². The van der Waals surface area contributed by atoms with E-state index in [1.54, 1.807) is 0 Å². The van der Waals surface area contributed by atoms with Gasteiger partial charge in [0, 0.05) is 6.61 Å². The lowest BCUT2D eigenvalue weighted by Crippen LogP contribution is -2.26. The largest absolute Gasteiger partial charge is 0.471 e. The zero-order chi connectivity index (χ0) is 9.23. The van der Waals surface area contributed by atoms with E-state index in [0.717, 1.165) is 19.4 Å². The van der Waals surface area contributed by atoms with Crippen molar-refractivity contribution < 1.29 is 9.47 Å². The highest BCUT2D eigenvalue weighted by Gasteiger charge is 1.92. The first-order valence-electron chi connectivity index (χ1n) is 4.29. The van der Waals surface area contributed by atoms with E-state index in [1.165, 1.54) is 0 Å². The first-order valence-corrected chi connectivity index (χ1v) is 4.70. The zero-order valence-electron chi connectivity index (χ0n) is 7.76. The van der Waals surface area contributed by atoms with E-state index in [-0.39, 0.29) is 0 Å². The Balaban J connectivity index is 3.03. The van der Waals surface area contributed by atoms with Gasteiger partial charge in [0.15, 0.2) is 0 Å². The quantitative estimate of drug-likeness (QED) is 0.393. The zero-order valence-corrected chi connectivity index (χ0v) is 8.58. The van der Waals surface area contributed by atoms with Crippen molar-refractivity contribution in [2.75, 3.05) is 19.9 Å². The predicted octanol–water partition coefficient (Wildman–Crippen LogP) is 1.67. The molecule has 0 aromatic carbocycles. The van der Waals surface area contributed by atoms with Crippen LogP contribution in [0.15, 0.2) is 0 Å². The second kappa shape index (κ2) is 8.74. The maximum atomic E-state index is 5.21. The van der Waals surface area contributed by atoms with Crippen molar-refractivity contribution in [1.82, 2.24) is 5.32 Å². The molecule has 0 bridgehead atoms. The smallest absolute Gasteiger partial charge is 0.258 e. The number of nitrogens with one attached hydrogen (secondary N) is 1. The topological polar surface area (TPSA) is 30.5 Å². The Morgan fingerprint density at radius 2 is 2.17 bits per heavy atom. The van der Waals surface area contributed by atoms with Crippen LogP contribution in [0.4, 0.5) is 0 Å². The molecule has 0 amide bonds. The third-order valence-electron chi connectivity index (χ3n) is 1.24. The molecular formula is C8H17NO2S. The maximum Gasteiger partial charge on any atom is 0.258 e. The molecule has 12 heavy (non-hydrogen) atoms. The SMILES string of the molecule is CCCCOCNC(=S)OCC. The molecule has 0 saturated heterocycles. The monoisotopic (exact) mass is 191 g/mol. The van der Waals surface area contributed by atoms with Crippen molar-refractivity contribution in [2.45, 2.75) is 26.7 Å². The van der Waals surface area contributed by atoms with Gasteiger partial charge >= 0.3 is 0 Å². The number of hydrogen-bond acceptors (Lipinski definition) is 3. The van der Waals surface area contributed by atoms with Gasteiger partial charge in [-0.3, -0.25) is 0 Å². The number of ether oxygens (including phenoxy) is 2. The molecule has 0 fully saturated rings. The van der Waals surface area contributed by atoms with Gasteiger partial charge in [-0.1, -0.05) is 13.3 Å².